The number of nitrogens with one attached hydrogen (secondary N) is 1. The molecule has 0 aromatic heterocycles. The van der Waals surface area contributed by atoms with E-state index in [2.05, 4.69) is 55.3 Å². The molecule has 0 aliphatic heterocycles. The number of nitrogens with two attached hydrogens (primary N) is 1. The number of likely N-dealkylation sites (N-methyl/N-ethyl adjacent to an activating group) is 1. The fourth-order valence-corrected chi connectivity index (χ4v) is 2.26. The van der Waals surface area contributed by atoms with E-state index in [0.29, 0.717) is 6.54 Å². The van der Waals surface area contributed by atoms with E-state index in [4.69, 9.17) is 5.73 Å². The molecule has 1 aromatic carbocycles. The molecule has 0 heterocycles. The summed E-state index contributed by atoms with van der Waals surface area (Å²) in [7, 11) is 0. The van der Waals surface area contributed by atoms with Crippen LogP contribution >= 0.6 is 0 Å². The van der Waals surface area contributed by atoms with Gasteiger partial charge >= 0.3 is 0 Å². The van der Waals surface area contributed by atoms with Crippen molar-refractivity contribution in [2.45, 2.75) is 33.2 Å². The van der Waals surface area contributed by atoms with E-state index >= 15 is 0 Å². The normalized spacial score (nSPS) is 12.9. The maximum Gasteiger partial charge on any atom is 0.0444 e. The SMILES string of the molecule is CCc1ccc(C(CN)NCCN(CC)CC)cc1. The van der Waals surface area contributed by atoms with E-state index in [1.54, 1.807) is 0 Å². The molecule has 1 rings (SSSR count). The van der Waals surface area contributed by atoms with Gasteiger partial charge < -0.3 is 16.0 Å². The Bertz CT molecular complexity index is 330. The molecule has 1 unspecified atom stereocenters. The lowest BCUT2D eigenvalue weighted by molar-refractivity contribution is 0.297. The lowest BCUT2D eigenvalue weighted by Crippen LogP contribution is -2.36. The second kappa shape index (κ2) is 9.08. The van der Waals surface area contributed by atoms with Crippen molar-refractivity contribution >= 4 is 0 Å². The Morgan fingerprint density at radius 3 is 2.21 bits per heavy atom. The van der Waals surface area contributed by atoms with E-state index in [0.717, 1.165) is 32.6 Å². The first kappa shape index (κ1) is 16.2. The average molecular weight is 263 g/mol. The van der Waals surface area contributed by atoms with Crippen molar-refractivity contribution in [2.24, 2.45) is 5.73 Å². The number of rotatable bonds is 9. The zero-order valence-electron chi connectivity index (χ0n) is 12.7. The van der Waals surface area contributed by atoms with Crippen molar-refractivity contribution in [1.29, 1.82) is 0 Å². The highest BCUT2D eigenvalue weighted by molar-refractivity contribution is 5.25. The van der Waals surface area contributed by atoms with Gasteiger partial charge in [-0.15, -0.1) is 0 Å². The molecule has 0 aliphatic carbocycles. The maximum absolute atomic E-state index is 5.88. The third-order valence-corrected chi connectivity index (χ3v) is 3.74. The smallest absolute Gasteiger partial charge is 0.0444 e. The number of benzene rings is 1. The molecule has 0 aliphatic rings. The van der Waals surface area contributed by atoms with Gasteiger partial charge in [0.15, 0.2) is 0 Å². The van der Waals surface area contributed by atoms with Gasteiger partial charge in [-0.1, -0.05) is 45.0 Å². The van der Waals surface area contributed by atoms with Gasteiger partial charge in [0, 0.05) is 25.7 Å². The highest BCUT2D eigenvalue weighted by Gasteiger charge is 2.09. The van der Waals surface area contributed by atoms with Crippen LogP contribution in [0.2, 0.25) is 0 Å². The third kappa shape index (κ3) is 5.31. The van der Waals surface area contributed by atoms with Gasteiger partial charge in [0.2, 0.25) is 0 Å². The summed E-state index contributed by atoms with van der Waals surface area (Å²) in [5, 5.41) is 3.56. The van der Waals surface area contributed by atoms with Gasteiger partial charge in [-0.3, -0.25) is 0 Å². The molecular weight excluding hydrogens is 234 g/mol. The van der Waals surface area contributed by atoms with Crippen LogP contribution in [0.3, 0.4) is 0 Å². The predicted molar refractivity (Wildman–Crippen MR) is 83.4 cm³/mol. The maximum atomic E-state index is 5.88. The second-order valence-electron chi connectivity index (χ2n) is 4.86. The van der Waals surface area contributed by atoms with Crippen molar-refractivity contribution in [3.63, 3.8) is 0 Å². The highest BCUT2D eigenvalue weighted by atomic mass is 15.1. The monoisotopic (exact) mass is 263 g/mol. The van der Waals surface area contributed by atoms with Crippen LogP contribution in [0.15, 0.2) is 24.3 Å². The molecule has 108 valence electrons. The Labute approximate surface area is 118 Å². The summed E-state index contributed by atoms with van der Waals surface area (Å²) in [6, 6.07) is 9.05. The van der Waals surface area contributed by atoms with Crippen molar-refractivity contribution in [1.82, 2.24) is 10.2 Å². The molecule has 3 N–H and O–H groups in total. The highest BCUT2D eigenvalue weighted by Crippen LogP contribution is 2.13. The number of nitrogens with zero attached hydrogens (tertiary/aromatic N) is 1. The zero-order chi connectivity index (χ0) is 14.1. The minimum Gasteiger partial charge on any atom is -0.329 e. The molecule has 0 amide bonds. The average Bonchev–Trinajstić information content (AvgIpc) is 2.48. The zero-order valence-corrected chi connectivity index (χ0v) is 12.7. The Morgan fingerprint density at radius 1 is 1.11 bits per heavy atom. The van der Waals surface area contributed by atoms with Crippen LogP contribution in [0, 0.1) is 0 Å². The quantitative estimate of drug-likeness (QED) is 0.717. The first-order chi connectivity index (χ1) is 9.24. The Kier molecular flexibility index (Phi) is 7.72. The van der Waals surface area contributed by atoms with E-state index in [-0.39, 0.29) is 6.04 Å². The molecule has 0 radical (unpaired) electrons. The number of aryl methyl sites for hydroxylation is 1. The summed E-state index contributed by atoms with van der Waals surface area (Å²) in [4.78, 5) is 2.42. The minimum atomic E-state index is 0.265. The lowest BCUT2D eigenvalue weighted by Gasteiger charge is -2.22. The largest absolute Gasteiger partial charge is 0.329 e. The van der Waals surface area contributed by atoms with Crippen LogP contribution in [0.4, 0.5) is 0 Å². The molecule has 0 fully saturated rings. The van der Waals surface area contributed by atoms with Crippen LogP contribution in [-0.2, 0) is 6.42 Å². The second-order valence-corrected chi connectivity index (χ2v) is 4.86. The summed E-state index contributed by atoms with van der Waals surface area (Å²) >= 11 is 0. The van der Waals surface area contributed by atoms with E-state index < -0.39 is 0 Å². The Balaban J connectivity index is 2.48. The van der Waals surface area contributed by atoms with E-state index in [9.17, 15) is 0 Å². The molecule has 0 spiro atoms. The Hall–Kier alpha value is -0.900. The summed E-state index contributed by atoms with van der Waals surface area (Å²) in [5.41, 5.74) is 8.55. The van der Waals surface area contributed by atoms with E-state index in [1.165, 1.54) is 11.1 Å². The summed E-state index contributed by atoms with van der Waals surface area (Å²) in [6.07, 6.45) is 1.09. The number of hydrogen-bond acceptors (Lipinski definition) is 3. The summed E-state index contributed by atoms with van der Waals surface area (Å²) in [6.45, 7) is 11.5. The molecular formula is C16H29N3. The van der Waals surface area contributed by atoms with Crippen LogP contribution < -0.4 is 11.1 Å². The van der Waals surface area contributed by atoms with Gasteiger partial charge in [0.25, 0.3) is 0 Å². The molecule has 0 bridgehead atoms. The van der Waals surface area contributed by atoms with Crippen molar-refractivity contribution in [2.75, 3.05) is 32.7 Å². The summed E-state index contributed by atoms with van der Waals surface area (Å²) in [5.74, 6) is 0. The fourth-order valence-electron chi connectivity index (χ4n) is 2.26. The lowest BCUT2D eigenvalue weighted by atomic mass is 10.0. The van der Waals surface area contributed by atoms with Crippen molar-refractivity contribution in [3.05, 3.63) is 35.4 Å². The molecule has 1 atom stereocenters. The molecule has 3 heteroatoms. The predicted octanol–water partition coefficient (Wildman–Crippen LogP) is 2.18. The standard InChI is InChI=1S/C16H29N3/c1-4-14-7-9-15(10-8-14)16(13-17)18-11-12-19(5-2)6-3/h7-10,16,18H,4-6,11-13,17H2,1-3H3. The van der Waals surface area contributed by atoms with Crippen molar-refractivity contribution in [3.8, 4) is 0 Å². The van der Waals surface area contributed by atoms with E-state index in [1.807, 2.05) is 0 Å². The van der Waals surface area contributed by atoms with Crippen molar-refractivity contribution < 1.29 is 0 Å². The number of hydrogen-bond donors (Lipinski definition) is 2. The van der Waals surface area contributed by atoms with Crippen LogP contribution in [0.1, 0.15) is 37.9 Å². The minimum absolute atomic E-state index is 0.265. The third-order valence-electron chi connectivity index (χ3n) is 3.74. The Morgan fingerprint density at radius 2 is 1.74 bits per heavy atom. The fraction of sp³-hybridized carbons (Fsp3) is 0.625. The first-order valence-electron chi connectivity index (χ1n) is 7.49. The van der Waals surface area contributed by atoms with Gasteiger partial charge in [0.1, 0.15) is 0 Å². The first-order valence-corrected chi connectivity index (χ1v) is 7.49. The van der Waals surface area contributed by atoms with Gasteiger partial charge in [-0.05, 0) is 30.6 Å². The topological polar surface area (TPSA) is 41.3 Å². The molecule has 0 saturated carbocycles. The van der Waals surface area contributed by atoms with Crippen LogP contribution in [-0.4, -0.2) is 37.6 Å². The van der Waals surface area contributed by atoms with Crippen LogP contribution in [0.5, 0.6) is 0 Å². The van der Waals surface area contributed by atoms with Gasteiger partial charge in [0.05, 0.1) is 0 Å². The molecule has 1 aromatic rings. The summed E-state index contributed by atoms with van der Waals surface area (Å²) < 4.78 is 0. The van der Waals surface area contributed by atoms with Gasteiger partial charge in [-0.2, -0.15) is 0 Å². The molecule has 3 nitrogen and oxygen atoms in total. The molecule has 19 heavy (non-hydrogen) atoms. The molecule has 0 saturated heterocycles. The van der Waals surface area contributed by atoms with Crippen LogP contribution in [0.25, 0.3) is 0 Å². The van der Waals surface area contributed by atoms with Gasteiger partial charge in [-0.25, -0.2) is 0 Å².